The van der Waals surface area contributed by atoms with Gasteiger partial charge in [0, 0.05) is 24.7 Å². The van der Waals surface area contributed by atoms with E-state index in [0.29, 0.717) is 24.7 Å². The zero-order valence-corrected chi connectivity index (χ0v) is 21.8. The lowest BCUT2D eigenvalue weighted by Crippen LogP contribution is -2.48. The minimum absolute atomic E-state index is 0. The Morgan fingerprint density at radius 2 is 1.78 bits per heavy atom. The summed E-state index contributed by atoms with van der Waals surface area (Å²) >= 11 is 0. The lowest BCUT2D eigenvalue weighted by molar-refractivity contribution is -0.00834. The number of benzene rings is 2. The maximum absolute atomic E-state index is 6.08. The monoisotopic (exact) mass is 555 g/mol. The number of aryl methyl sites for hydroxylation is 1. The van der Waals surface area contributed by atoms with Gasteiger partial charge in [-0.25, -0.2) is 4.99 Å². The van der Waals surface area contributed by atoms with Gasteiger partial charge in [0.05, 0.1) is 41.0 Å². The average molecular weight is 555 g/mol. The zero-order chi connectivity index (χ0) is 22.2. The molecule has 1 atom stereocenters. The zero-order valence-electron chi connectivity index (χ0n) is 19.5. The lowest BCUT2D eigenvalue weighted by Gasteiger charge is -2.35. The van der Waals surface area contributed by atoms with Crippen molar-refractivity contribution in [3.63, 3.8) is 0 Å². The van der Waals surface area contributed by atoms with E-state index in [4.69, 9.17) is 23.9 Å². The van der Waals surface area contributed by atoms with Gasteiger partial charge < -0.3 is 29.2 Å². The van der Waals surface area contributed by atoms with Crippen LogP contribution in [0.15, 0.2) is 41.4 Å². The summed E-state index contributed by atoms with van der Waals surface area (Å²) in [6.07, 6.45) is 0.0226. The van der Waals surface area contributed by atoms with Crippen LogP contribution in [-0.4, -0.2) is 58.4 Å². The van der Waals surface area contributed by atoms with Gasteiger partial charge in [-0.05, 0) is 31.0 Å². The Morgan fingerprint density at radius 1 is 1.09 bits per heavy atom. The Balaban J connectivity index is 0.00000363. The van der Waals surface area contributed by atoms with Crippen LogP contribution in [-0.2, 0) is 11.3 Å². The van der Waals surface area contributed by atoms with E-state index in [1.165, 1.54) is 11.1 Å². The third-order valence-corrected chi connectivity index (χ3v) is 5.42. The van der Waals surface area contributed by atoms with E-state index in [9.17, 15) is 0 Å². The van der Waals surface area contributed by atoms with Gasteiger partial charge in [-0.3, -0.25) is 0 Å². The van der Waals surface area contributed by atoms with Gasteiger partial charge >= 0.3 is 0 Å². The molecule has 1 aliphatic heterocycles. The van der Waals surface area contributed by atoms with Gasteiger partial charge in [0.25, 0.3) is 0 Å². The molecule has 1 N–H and O–H groups in total. The molecule has 0 radical (unpaired) electrons. The third-order valence-electron chi connectivity index (χ3n) is 5.42. The molecule has 0 amide bonds. The van der Waals surface area contributed by atoms with Crippen molar-refractivity contribution in [3.8, 4) is 17.2 Å². The molecular weight excluding hydrogens is 521 g/mol. The first-order chi connectivity index (χ1) is 15.1. The predicted octanol–water partition coefficient (Wildman–Crippen LogP) is 4.18. The molecule has 1 unspecified atom stereocenters. The van der Waals surface area contributed by atoms with Gasteiger partial charge in [0.2, 0.25) is 0 Å². The minimum atomic E-state index is 0. The van der Waals surface area contributed by atoms with Crippen molar-refractivity contribution in [1.82, 2.24) is 10.2 Å². The Hall–Kier alpha value is -2.20. The maximum atomic E-state index is 6.08. The van der Waals surface area contributed by atoms with Crippen molar-refractivity contribution in [2.24, 2.45) is 4.99 Å². The molecule has 3 rings (SSSR count). The molecule has 1 heterocycles. The van der Waals surface area contributed by atoms with Crippen molar-refractivity contribution >= 4 is 29.9 Å². The van der Waals surface area contributed by atoms with Gasteiger partial charge in [-0.15, -0.1) is 24.0 Å². The molecular formula is C24H34IN3O4. The van der Waals surface area contributed by atoms with E-state index in [0.717, 1.165) is 36.9 Å². The fourth-order valence-corrected chi connectivity index (χ4v) is 3.78. The molecule has 0 saturated carbocycles. The first-order valence-electron chi connectivity index (χ1n) is 10.6. The molecule has 2 aromatic carbocycles. The highest BCUT2D eigenvalue weighted by molar-refractivity contribution is 14.0. The van der Waals surface area contributed by atoms with Crippen molar-refractivity contribution in [2.75, 3.05) is 47.6 Å². The fourth-order valence-electron chi connectivity index (χ4n) is 3.78. The van der Waals surface area contributed by atoms with Crippen molar-refractivity contribution in [3.05, 3.63) is 53.1 Å². The van der Waals surface area contributed by atoms with Crippen LogP contribution in [0, 0.1) is 6.92 Å². The molecule has 0 aliphatic carbocycles. The molecule has 176 valence electrons. The average Bonchev–Trinajstić information content (AvgIpc) is 2.81. The van der Waals surface area contributed by atoms with Crippen molar-refractivity contribution < 1.29 is 18.9 Å². The SMILES string of the molecule is CCNC(=NCc1cc(OC)c(OC)cc1OC)N1CCOC(c2ccccc2C)C1.I. The summed E-state index contributed by atoms with van der Waals surface area (Å²) < 4.78 is 22.5. The number of methoxy groups -OCH3 is 3. The summed E-state index contributed by atoms with van der Waals surface area (Å²) in [5, 5.41) is 3.42. The summed E-state index contributed by atoms with van der Waals surface area (Å²) in [7, 11) is 4.89. The van der Waals surface area contributed by atoms with Crippen LogP contribution < -0.4 is 19.5 Å². The number of rotatable bonds is 7. The molecule has 0 spiro atoms. The van der Waals surface area contributed by atoms with Crippen LogP contribution >= 0.6 is 24.0 Å². The van der Waals surface area contributed by atoms with E-state index in [-0.39, 0.29) is 30.1 Å². The van der Waals surface area contributed by atoms with E-state index >= 15 is 0 Å². The van der Waals surface area contributed by atoms with E-state index in [1.54, 1.807) is 21.3 Å². The topological polar surface area (TPSA) is 64.6 Å². The quantitative estimate of drug-likeness (QED) is 0.315. The maximum Gasteiger partial charge on any atom is 0.194 e. The van der Waals surface area contributed by atoms with Crippen LogP contribution in [0.2, 0.25) is 0 Å². The van der Waals surface area contributed by atoms with Gasteiger partial charge in [-0.1, -0.05) is 24.3 Å². The lowest BCUT2D eigenvalue weighted by atomic mass is 10.0. The molecule has 32 heavy (non-hydrogen) atoms. The largest absolute Gasteiger partial charge is 0.496 e. The second-order valence-corrected chi connectivity index (χ2v) is 7.35. The highest BCUT2D eigenvalue weighted by Crippen LogP contribution is 2.35. The van der Waals surface area contributed by atoms with Gasteiger partial charge in [0.15, 0.2) is 17.5 Å². The first-order valence-corrected chi connectivity index (χ1v) is 10.6. The van der Waals surface area contributed by atoms with Crippen LogP contribution in [0.1, 0.15) is 29.7 Å². The molecule has 0 bridgehead atoms. The molecule has 1 fully saturated rings. The summed E-state index contributed by atoms with van der Waals surface area (Å²) in [6, 6.07) is 12.1. The van der Waals surface area contributed by atoms with E-state index in [1.807, 2.05) is 12.1 Å². The highest BCUT2D eigenvalue weighted by atomic mass is 127. The predicted molar refractivity (Wildman–Crippen MR) is 138 cm³/mol. The van der Waals surface area contributed by atoms with Crippen LogP contribution in [0.5, 0.6) is 17.2 Å². The Labute approximate surface area is 208 Å². The first kappa shape index (κ1) is 26.1. The molecule has 8 heteroatoms. The smallest absolute Gasteiger partial charge is 0.194 e. The highest BCUT2D eigenvalue weighted by Gasteiger charge is 2.25. The van der Waals surface area contributed by atoms with Crippen molar-refractivity contribution in [1.29, 1.82) is 0 Å². The second-order valence-electron chi connectivity index (χ2n) is 7.35. The normalized spacial score (nSPS) is 16.2. The molecule has 1 saturated heterocycles. The Bertz CT molecular complexity index is 907. The standard InChI is InChI=1S/C24H33N3O4.HI/c1-6-25-24(26-15-18-13-21(29-4)22(30-5)14-20(18)28-3)27-11-12-31-23(16-27)19-10-8-7-9-17(19)2;/h7-10,13-14,23H,6,11-12,15-16H2,1-5H3,(H,25,26);1H. The van der Waals surface area contributed by atoms with Gasteiger partial charge in [-0.2, -0.15) is 0 Å². The number of nitrogens with zero attached hydrogens (tertiary/aromatic N) is 2. The Morgan fingerprint density at radius 3 is 2.44 bits per heavy atom. The molecule has 2 aromatic rings. The second kappa shape index (κ2) is 12.7. The summed E-state index contributed by atoms with van der Waals surface area (Å²) in [6.45, 7) is 7.64. The van der Waals surface area contributed by atoms with Crippen LogP contribution in [0.3, 0.4) is 0 Å². The number of ether oxygens (including phenoxy) is 4. The minimum Gasteiger partial charge on any atom is -0.496 e. The fraction of sp³-hybridized carbons (Fsp3) is 0.458. The Kier molecular flexibility index (Phi) is 10.4. The number of nitrogens with one attached hydrogen (secondary N) is 1. The number of aliphatic imine (C=N–C) groups is 1. The number of hydrogen-bond donors (Lipinski definition) is 1. The number of halogens is 1. The number of hydrogen-bond acceptors (Lipinski definition) is 5. The van der Waals surface area contributed by atoms with Crippen LogP contribution in [0.4, 0.5) is 0 Å². The van der Waals surface area contributed by atoms with E-state index < -0.39 is 0 Å². The summed E-state index contributed by atoms with van der Waals surface area (Å²) in [5.41, 5.74) is 3.40. The summed E-state index contributed by atoms with van der Waals surface area (Å²) in [4.78, 5) is 7.16. The molecule has 7 nitrogen and oxygen atoms in total. The molecule has 1 aliphatic rings. The number of guanidine groups is 1. The van der Waals surface area contributed by atoms with E-state index in [2.05, 4.69) is 48.3 Å². The summed E-state index contributed by atoms with van der Waals surface area (Å²) in [5.74, 6) is 2.87. The van der Waals surface area contributed by atoms with Crippen LogP contribution in [0.25, 0.3) is 0 Å². The van der Waals surface area contributed by atoms with Gasteiger partial charge in [0.1, 0.15) is 11.9 Å². The van der Waals surface area contributed by atoms with Crippen molar-refractivity contribution in [2.45, 2.75) is 26.5 Å². The number of morpholine rings is 1. The third kappa shape index (κ3) is 6.19. The molecule has 0 aromatic heterocycles.